The SMILES string of the molecule is O=C(c1ccc(COc2cccc(Cl)c2)o1)N1CCN(Cc2ccccc2F)CC1. The van der Waals surface area contributed by atoms with Crippen LogP contribution in [-0.4, -0.2) is 41.9 Å². The molecule has 1 aromatic heterocycles. The van der Waals surface area contributed by atoms with Crippen molar-refractivity contribution in [1.29, 1.82) is 0 Å². The second kappa shape index (κ2) is 9.32. The molecule has 0 bridgehead atoms. The van der Waals surface area contributed by atoms with Crippen LogP contribution in [0.25, 0.3) is 0 Å². The van der Waals surface area contributed by atoms with Crippen molar-refractivity contribution in [3.8, 4) is 5.75 Å². The summed E-state index contributed by atoms with van der Waals surface area (Å²) in [5, 5.41) is 0.594. The van der Waals surface area contributed by atoms with Crippen LogP contribution in [0.4, 0.5) is 4.39 Å². The summed E-state index contributed by atoms with van der Waals surface area (Å²) in [4.78, 5) is 16.7. The molecule has 156 valence electrons. The van der Waals surface area contributed by atoms with E-state index in [0.29, 0.717) is 60.6 Å². The maximum Gasteiger partial charge on any atom is 0.289 e. The standard InChI is InChI=1S/C23H22ClFN2O3/c24-18-5-3-6-19(14-18)29-16-20-8-9-22(30-20)23(28)27-12-10-26(11-13-27)15-17-4-1-2-7-21(17)25/h1-9,14H,10-13,15-16H2. The molecule has 2 aromatic carbocycles. The fourth-order valence-electron chi connectivity index (χ4n) is 3.41. The lowest BCUT2D eigenvalue weighted by Gasteiger charge is -2.34. The van der Waals surface area contributed by atoms with Gasteiger partial charge in [0.2, 0.25) is 0 Å². The number of furan rings is 1. The molecular formula is C23H22ClFN2O3. The third-order valence-corrected chi connectivity index (χ3v) is 5.30. The first-order valence-corrected chi connectivity index (χ1v) is 10.2. The molecule has 2 heterocycles. The Hall–Kier alpha value is -2.83. The van der Waals surface area contributed by atoms with Crippen molar-refractivity contribution in [3.05, 3.63) is 88.6 Å². The average molecular weight is 429 g/mol. The van der Waals surface area contributed by atoms with E-state index in [4.69, 9.17) is 20.8 Å². The Bertz CT molecular complexity index is 1010. The number of carbonyl (C=O) groups excluding carboxylic acids is 1. The van der Waals surface area contributed by atoms with Crippen molar-refractivity contribution < 1.29 is 18.3 Å². The van der Waals surface area contributed by atoms with E-state index in [1.807, 2.05) is 12.1 Å². The van der Waals surface area contributed by atoms with E-state index in [1.54, 1.807) is 47.4 Å². The van der Waals surface area contributed by atoms with Gasteiger partial charge in [0, 0.05) is 43.3 Å². The Morgan fingerprint density at radius 1 is 1.03 bits per heavy atom. The molecule has 0 saturated carbocycles. The molecule has 5 nitrogen and oxygen atoms in total. The molecule has 3 aromatic rings. The molecule has 30 heavy (non-hydrogen) atoms. The minimum atomic E-state index is -0.195. The topological polar surface area (TPSA) is 45.9 Å². The van der Waals surface area contributed by atoms with Crippen molar-refractivity contribution in [1.82, 2.24) is 9.80 Å². The van der Waals surface area contributed by atoms with Gasteiger partial charge in [0.1, 0.15) is 23.9 Å². The highest BCUT2D eigenvalue weighted by atomic mass is 35.5. The largest absolute Gasteiger partial charge is 0.486 e. The van der Waals surface area contributed by atoms with Crippen molar-refractivity contribution in [2.24, 2.45) is 0 Å². The Morgan fingerprint density at radius 2 is 1.83 bits per heavy atom. The number of ether oxygens (including phenoxy) is 1. The van der Waals surface area contributed by atoms with Crippen LogP contribution in [0, 0.1) is 5.82 Å². The number of hydrogen-bond acceptors (Lipinski definition) is 4. The molecule has 0 spiro atoms. The molecule has 0 unspecified atom stereocenters. The van der Waals surface area contributed by atoms with Gasteiger partial charge in [-0.15, -0.1) is 0 Å². The molecule has 1 aliphatic rings. The highest BCUT2D eigenvalue weighted by Crippen LogP contribution is 2.20. The maximum absolute atomic E-state index is 13.8. The Labute approximate surface area is 179 Å². The Balaban J connectivity index is 1.29. The average Bonchev–Trinajstić information content (AvgIpc) is 3.23. The molecule has 1 fully saturated rings. The lowest BCUT2D eigenvalue weighted by molar-refractivity contribution is 0.0593. The zero-order valence-electron chi connectivity index (χ0n) is 16.4. The fourth-order valence-corrected chi connectivity index (χ4v) is 3.59. The van der Waals surface area contributed by atoms with Crippen LogP contribution in [-0.2, 0) is 13.2 Å². The molecule has 0 atom stereocenters. The van der Waals surface area contributed by atoms with Gasteiger partial charge in [0.05, 0.1) is 0 Å². The van der Waals surface area contributed by atoms with E-state index in [1.165, 1.54) is 6.07 Å². The van der Waals surface area contributed by atoms with Crippen LogP contribution < -0.4 is 4.74 Å². The normalized spacial score (nSPS) is 14.7. The first-order chi connectivity index (χ1) is 14.6. The summed E-state index contributed by atoms with van der Waals surface area (Å²) in [6.07, 6.45) is 0. The summed E-state index contributed by atoms with van der Waals surface area (Å²) in [5.74, 6) is 1.16. The van der Waals surface area contributed by atoms with E-state index in [0.717, 1.165) is 0 Å². The van der Waals surface area contributed by atoms with Gasteiger partial charge in [-0.1, -0.05) is 35.9 Å². The van der Waals surface area contributed by atoms with Gasteiger partial charge in [-0.05, 0) is 36.4 Å². The number of nitrogens with zero attached hydrogens (tertiary/aromatic N) is 2. The van der Waals surface area contributed by atoms with Crippen LogP contribution in [0.5, 0.6) is 5.75 Å². The number of carbonyl (C=O) groups is 1. The summed E-state index contributed by atoms with van der Waals surface area (Å²) in [6, 6.07) is 17.3. The van der Waals surface area contributed by atoms with Crippen LogP contribution in [0.15, 0.2) is 65.1 Å². The second-order valence-electron chi connectivity index (χ2n) is 7.17. The number of hydrogen-bond donors (Lipinski definition) is 0. The molecular weight excluding hydrogens is 407 g/mol. The van der Waals surface area contributed by atoms with Gasteiger partial charge in [-0.25, -0.2) is 4.39 Å². The zero-order valence-corrected chi connectivity index (χ0v) is 17.1. The third kappa shape index (κ3) is 5.01. The van der Waals surface area contributed by atoms with E-state index in [-0.39, 0.29) is 18.3 Å². The van der Waals surface area contributed by atoms with E-state index in [9.17, 15) is 9.18 Å². The van der Waals surface area contributed by atoms with Crippen LogP contribution >= 0.6 is 11.6 Å². The molecule has 4 rings (SSSR count). The van der Waals surface area contributed by atoms with Gasteiger partial charge in [0.15, 0.2) is 5.76 Å². The monoisotopic (exact) mass is 428 g/mol. The lowest BCUT2D eigenvalue weighted by atomic mass is 10.2. The van der Waals surface area contributed by atoms with Gasteiger partial charge in [-0.2, -0.15) is 0 Å². The smallest absolute Gasteiger partial charge is 0.289 e. The highest BCUT2D eigenvalue weighted by Gasteiger charge is 2.24. The number of rotatable bonds is 6. The molecule has 1 saturated heterocycles. The van der Waals surface area contributed by atoms with Crippen LogP contribution in [0.2, 0.25) is 5.02 Å². The number of halogens is 2. The maximum atomic E-state index is 13.8. The fraction of sp³-hybridized carbons (Fsp3) is 0.261. The van der Waals surface area contributed by atoms with Crippen LogP contribution in [0.1, 0.15) is 21.9 Å². The second-order valence-corrected chi connectivity index (χ2v) is 7.61. The highest BCUT2D eigenvalue weighted by molar-refractivity contribution is 6.30. The van der Waals surface area contributed by atoms with E-state index >= 15 is 0 Å². The number of amides is 1. The summed E-state index contributed by atoms with van der Waals surface area (Å²) < 4.78 is 25.2. The molecule has 1 aliphatic heterocycles. The predicted octanol–water partition coefficient (Wildman–Crippen LogP) is 4.61. The zero-order chi connectivity index (χ0) is 20.9. The summed E-state index contributed by atoms with van der Waals surface area (Å²) in [5.41, 5.74) is 0.674. The first-order valence-electron chi connectivity index (χ1n) is 9.80. The van der Waals surface area contributed by atoms with Gasteiger partial charge in [0.25, 0.3) is 5.91 Å². The lowest BCUT2D eigenvalue weighted by Crippen LogP contribution is -2.48. The predicted molar refractivity (Wildman–Crippen MR) is 112 cm³/mol. The van der Waals surface area contributed by atoms with Gasteiger partial charge >= 0.3 is 0 Å². The minimum absolute atomic E-state index is 0.144. The third-order valence-electron chi connectivity index (χ3n) is 5.06. The van der Waals surface area contributed by atoms with Crippen molar-refractivity contribution >= 4 is 17.5 Å². The summed E-state index contributed by atoms with van der Waals surface area (Å²) in [7, 11) is 0. The summed E-state index contributed by atoms with van der Waals surface area (Å²) >= 11 is 5.95. The molecule has 0 N–H and O–H groups in total. The van der Waals surface area contributed by atoms with Gasteiger partial charge in [-0.3, -0.25) is 9.69 Å². The molecule has 1 amide bonds. The summed E-state index contributed by atoms with van der Waals surface area (Å²) in [6.45, 7) is 3.27. The van der Waals surface area contributed by atoms with Crippen molar-refractivity contribution in [2.45, 2.75) is 13.2 Å². The molecule has 0 radical (unpaired) electrons. The van der Waals surface area contributed by atoms with E-state index < -0.39 is 0 Å². The number of benzene rings is 2. The van der Waals surface area contributed by atoms with Crippen LogP contribution in [0.3, 0.4) is 0 Å². The molecule has 7 heteroatoms. The van der Waals surface area contributed by atoms with Crippen molar-refractivity contribution in [3.63, 3.8) is 0 Å². The molecule has 0 aliphatic carbocycles. The van der Waals surface area contributed by atoms with Crippen molar-refractivity contribution in [2.75, 3.05) is 26.2 Å². The Kier molecular flexibility index (Phi) is 6.35. The van der Waals surface area contributed by atoms with E-state index in [2.05, 4.69) is 4.90 Å². The Morgan fingerprint density at radius 3 is 2.60 bits per heavy atom. The minimum Gasteiger partial charge on any atom is -0.486 e. The first kappa shape index (κ1) is 20.4. The van der Waals surface area contributed by atoms with Gasteiger partial charge < -0.3 is 14.1 Å². The number of piperazine rings is 1. The quantitative estimate of drug-likeness (QED) is 0.575.